The summed E-state index contributed by atoms with van der Waals surface area (Å²) in [6.45, 7) is 5.17. The number of hydrogen-bond donors (Lipinski definition) is 1. The number of oxime groups is 1. The fourth-order valence-electron chi connectivity index (χ4n) is 1.67. The predicted molar refractivity (Wildman–Crippen MR) is 66.9 cm³/mol. The lowest BCUT2D eigenvalue weighted by molar-refractivity contribution is 0.0133. The first kappa shape index (κ1) is 14.3. The molecule has 0 radical (unpaired) electrons. The topological polar surface area (TPSA) is 68.1 Å². The van der Waals surface area contributed by atoms with Gasteiger partial charge in [-0.2, -0.15) is 0 Å². The van der Waals surface area contributed by atoms with E-state index in [1.807, 2.05) is 0 Å². The van der Waals surface area contributed by atoms with Crippen LogP contribution in [0.25, 0.3) is 0 Å². The molecule has 0 heterocycles. The monoisotopic (exact) mass is 251 g/mol. The van der Waals surface area contributed by atoms with Gasteiger partial charge in [0.15, 0.2) is 0 Å². The molecule has 18 heavy (non-hydrogen) atoms. The number of aliphatic hydroxyl groups excluding tert-OH is 1. The number of nitrogens with zero attached hydrogens (tertiary/aromatic N) is 1. The molecule has 1 N–H and O–H groups in total. The number of terminal acetylenes is 1. The first-order chi connectivity index (χ1) is 8.43. The lowest BCUT2D eigenvalue weighted by Crippen LogP contribution is -2.30. The quantitative estimate of drug-likeness (QED) is 0.268. The molecule has 0 bridgehead atoms. The van der Waals surface area contributed by atoms with Crippen LogP contribution < -0.4 is 0 Å². The van der Waals surface area contributed by atoms with Crippen LogP contribution in [0.2, 0.25) is 0 Å². The number of aliphatic hydroxyl groups is 1. The Morgan fingerprint density at radius 3 is 2.78 bits per heavy atom. The molecular weight excluding hydrogens is 234 g/mol. The van der Waals surface area contributed by atoms with Gasteiger partial charge in [-0.15, -0.1) is 6.42 Å². The van der Waals surface area contributed by atoms with Crippen LogP contribution in [-0.4, -0.2) is 29.2 Å². The minimum atomic E-state index is -0.897. The van der Waals surface area contributed by atoms with E-state index in [1.54, 1.807) is 20.8 Å². The number of carbonyl (C=O) groups is 1. The molecule has 1 aliphatic rings. The minimum absolute atomic E-state index is 0.320. The summed E-state index contributed by atoms with van der Waals surface area (Å²) >= 11 is 0. The Bertz CT molecular complexity index is 427. The van der Waals surface area contributed by atoms with Gasteiger partial charge in [-0.25, -0.2) is 4.79 Å². The summed E-state index contributed by atoms with van der Waals surface area (Å²) in [6.07, 6.45) is 4.02. The molecule has 0 saturated carbocycles. The molecular formula is C13H17NO4. The van der Waals surface area contributed by atoms with Crippen LogP contribution in [0.15, 0.2) is 16.3 Å². The second-order valence-electron chi connectivity index (χ2n) is 4.39. The van der Waals surface area contributed by atoms with Crippen molar-refractivity contribution in [2.24, 2.45) is 5.16 Å². The Morgan fingerprint density at radius 2 is 2.22 bits per heavy atom. The Hall–Kier alpha value is -1.80. The van der Waals surface area contributed by atoms with Crippen molar-refractivity contribution in [2.45, 2.75) is 45.8 Å². The summed E-state index contributed by atoms with van der Waals surface area (Å²) in [5, 5.41) is 13.1. The maximum absolute atomic E-state index is 11.4. The molecule has 0 saturated heterocycles. The molecule has 0 aliphatic heterocycles. The molecule has 0 aromatic heterocycles. The van der Waals surface area contributed by atoms with Crippen LogP contribution in [0.5, 0.6) is 0 Å². The Kier molecular flexibility index (Phi) is 4.93. The largest absolute Gasteiger partial charge is 0.535 e. The van der Waals surface area contributed by atoms with E-state index in [4.69, 9.17) is 11.2 Å². The Morgan fingerprint density at radius 1 is 1.56 bits per heavy atom. The highest BCUT2D eigenvalue weighted by Crippen LogP contribution is 2.27. The minimum Gasteiger partial charge on any atom is -0.425 e. The van der Waals surface area contributed by atoms with Gasteiger partial charge in [0.2, 0.25) is 0 Å². The van der Waals surface area contributed by atoms with Crippen molar-refractivity contribution in [1.29, 1.82) is 0 Å². The van der Waals surface area contributed by atoms with Gasteiger partial charge in [0.25, 0.3) is 0 Å². The molecule has 0 aromatic rings. The Balaban J connectivity index is 2.69. The molecule has 98 valence electrons. The summed E-state index contributed by atoms with van der Waals surface area (Å²) < 4.78 is 5.07. The molecule has 0 amide bonds. The van der Waals surface area contributed by atoms with E-state index >= 15 is 0 Å². The van der Waals surface area contributed by atoms with Crippen LogP contribution >= 0.6 is 0 Å². The third kappa shape index (κ3) is 3.90. The second-order valence-corrected chi connectivity index (χ2v) is 4.39. The van der Waals surface area contributed by atoms with Crippen LogP contribution in [0.1, 0.15) is 33.6 Å². The van der Waals surface area contributed by atoms with E-state index in [-0.39, 0.29) is 0 Å². The molecule has 0 fully saturated rings. The predicted octanol–water partition coefficient (Wildman–Crippen LogP) is 2.01. The van der Waals surface area contributed by atoms with Crippen molar-refractivity contribution in [1.82, 2.24) is 0 Å². The number of carbonyl (C=O) groups excluding carboxylic acids is 1. The van der Waals surface area contributed by atoms with Crippen LogP contribution in [-0.2, 0) is 9.57 Å². The van der Waals surface area contributed by atoms with Crippen molar-refractivity contribution in [2.75, 3.05) is 0 Å². The molecule has 1 aliphatic carbocycles. The molecule has 5 heteroatoms. The van der Waals surface area contributed by atoms with Gasteiger partial charge in [0.1, 0.15) is 6.10 Å². The van der Waals surface area contributed by atoms with Gasteiger partial charge in [0, 0.05) is 18.4 Å². The highest BCUT2D eigenvalue weighted by Gasteiger charge is 2.28. The summed E-state index contributed by atoms with van der Waals surface area (Å²) in [4.78, 5) is 15.9. The van der Waals surface area contributed by atoms with Crippen molar-refractivity contribution in [3.63, 3.8) is 0 Å². The summed E-state index contributed by atoms with van der Waals surface area (Å²) in [6, 6.07) is 0. The fourth-order valence-corrected chi connectivity index (χ4v) is 1.67. The van der Waals surface area contributed by atoms with Gasteiger partial charge < -0.3 is 9.84 Å². The fraction of sp³-hybridized carbons (Fsp3) is 0.538. The normalized spacial score (nSPS) is 23.1. The summed E-state index contributed by atoms with van der Waals surface area (Å²) in [5.41, 5.74) is 2.05. The standard InChI is InChI=1S/C13H17NO4/c1-5-10-6-11(15)7-12(9(10)4)17-13(16)18-14-8(2)3/h1,11-12,15H,6-7H2,2-4H3/t11-,12-/m1/s1. The molecule has 2 atom stereocenters. The zero-order valence-corrected chi connectivity index (χ0v) is 10.8. The van der Waals surface area contributed by atoms with Gasteiger partial charge in [-0.3, -0.25) is 4.84 Å². The molecule has 0 spiro atoms. The lowest BCUT2D eigenvalue weighted by atomic mass is 9.89. The SMILES string of the molecule is C#CC1=C(C)[C@H](OC(=O)ON=C(C)C)C[C@H](O)C1. The first-order valence-electron chi connectivity index (χ1n) is 5.67. The van der Waals surface area contributed by atoms with Crippen LogP contribution in [0.4, 0.5) is 4.79 Å². The smallest absolute Gasteiger partial charge is 0.425 e. The van der Waals surface area contributed by atoms with Crippen molar-refractivity contribution < 1.29 is 19.5 Å². The van der Waals surface area contributed by atoms with Crippen LogP contribution in [0, 0.1) is 12.3 Å². The highest BCUT2D eigenvalue weighted by molar-refractivity contribution is 5.79. The lowest BCUT2D eigenvalue weighted by Gasteiger charge is -2.27. The first-order valence-corrected chi connectivity index (χ1v) is 5.67. The molecule has 0 unspecified atom stereocenters. The maximum Gasteiger partial charge on any atom is 0.535 e. The maximum atomic E-state index is 11.4. The number of rotatable bonds is 2. The van der Waals surface area contributed by atoms with E-state index in [0.717, 1.165) is 5.57 Å². The average Bonchev–Trinajstić information content (AvgIpc) is 2.30. The molecule has 0 aromatic carbocycles. The van der Waals surface area contributed by atoms with E-state index in [0.29, 0.717) is 24.1 Å². The zero-order valence-electron chi connectivity index (χ0n) is 10.8. The van der Waals surface area contributed by atoms with Crippen LogP contribution in [0.3, 0.4) is 0 Å². The highest BCUT2D eigenvalue weighted by atomic mass is 16.8. The number of ether oxygens (including phenoxy) is 1. The summed E-state index contributed by atoms with van der Waals surface area (Å²) in [7, 11) is 0. The molecule has 5 nitrogen and oxygen atoms in total. The molecule has 1 rings (SSSR count). The van der Waals surface area contributed by atoms with Gasteiger partial charge in [-0.05, 0) is 26.3 Å². The zero-order chi connectivity index (χ0) is 13.7. The number of hydrogen-bond acceptors (Lipinski definition) is 5. The van der Waals surface area contributed by atoms with Crippen molar-refractivity contribution in [3.8, 4) is 12.3 Å². The van der Waals surface area contributed by atoms with Gasteiger partial charge in [0.05, 0.1) is 11.8 Å². The third-order valence-corrected chi connectivity index (χ3v) is 2.60. The third-order valence-electron chi connectivity index (χ3n) is 2.60. The van der Waals surface area contributed by atoms with Crippen molar-refractivity contribution >= 4 is 11.9 Å². The van der Waals surface area contributed by atoms with Gasteiger partial charge in [-0.1, -0.05) is 11.1 Å². The van der Waals surface area contributed by atoms with E-state index in [1.165, 1.54) is 0 Å². The average molecular weight is 251 g/mol. The Labute approximate surface area is 106 Å². The van der Waals surface area contributed by atoms with E-state index in [2.05, 4.69) is 15.9 Å². The summed E-state index contributed by atoms with van der Waals surface area (Å²) in [5.74, 6) is 2.50. The van der Waals surface area contributed by atoms with E-state index < -0.39 is 18.4 Å². The van der Waals surface area contributed by atoms with Gasteiger partial charge >= 0.3 is 6.16 Å². The second kappa shape index (κ2) is 6.22. The van der Waals surface area contributed by atoms with Crippen molar-refractivity contribution in [3.05, 3.63) is 11.1 Å². The van der Waals surface area contributed by atoms with E-state index in [9.17, 15) is 9.90 Å².